The average Bonchev–Trinajstić information content (AvgIpc) is 3.02. The topological polar surface area (TPSA) is 68.5 Å². The van der Waals surface area contributed by atoms with E-state index in [1.54, 1.807) is 4.57 Å². The number of hydrogen-bond acceptors (Lipinski definition) is 3. The van der Waals surface area contributed by atoms with Crippen LogP contribution in [0.2, 0.25) is 0 Å². The molecule has 0 amide bonds. The number of nitrogens with zero attached hydrogens (tertiary/aromatic N) is 1. The molecular formula is C16H21NO4. The molecule has 1 unspecified atom stereocenters. The summed E-state index contributed by atoms with van der Waals surface area (Å²) in [5, 5.41) is 9.31. The summed E-state index contributed by atoms with van der Waals surface area (Å²) in [4.78, 5) is 24.1. The second kappa shape index (κ2) is 6.02. The Labute approximate surface area is 123 Å². The van der Waals surface area contributed by atoms with Crippen LogP contribution in [0.5, 0.6) is 0 Å². The quantitative estimate of drug-likeness (QED) is 0.929. The van der Waals surface area contributed by atoms with Crippen LogP contribution in [0.4, 0.5) is 0 Å². The van der Waals surface area contributed by atoms with Crippen molar-refractivity contribution in [3.63, 3.8) is 0 Å². The molecule has 1 aromatic heterocycles. The van der Waals surface area contributed by atoms with Crippen LogP contribution >= 0.6 is 0 Å². The van der Waals surface area contributed by atoms with E-state index < -0.39 is 5.97 Å². The molecule has 2 heterocycles. The number of pyridine rings is 1. The van der Waals surface area contributed by atoms with Gasteiger partial charge in [0.05, 0.1) is 11.7 Å². The maximum atomic E-state index is 12.7. The van der Waals surface area contributed by atoms with Gasteiger partial charge in [-0.25, -0.2) is 4.79 Å². The second-order valence-electron chi connectivity index (χ2n) is 6.00. The van der Waals surface area contributed by atoms with Gasteiger partial charge in [-0.2, -0.15) is 0 Å². The number of ether oxygens (including phenoxy) is 1. The van der Waals surface area contributed by atoms with Gasteiger partial charge in [0.2, 0.25) is 0 Å². The van der Waals surface area contributed by atoms with Gasteiger partial charge < -0.3 is 14.4 Å². The predicted octanol–water partition coefficient (Wildman–Crippen LogP) is 2.90. The number of rotatable bonds is 3. The van der Waals surface area contributed by atoms with Crippen LogP contribution in [0.15, 0.2) is 17.1 Å². The van der Waals surface area contributed by atoms with Crippen LogP contribution in [-0.2, 0) is 4.74 Å². The molecule has 1 saturated heterocycles. The predicted molar refractivity (Wildman–Crippen MR) is 77.7 cm³/mol. The van der Waals surface area contributed by atoms with Crippen molar-refractivity contribution in [3.8, 4) is 0 Å². The molecule has 0 spiro atoms. The molecule has 3 rings (SSSR count). The van der Waals surface area contributed by atoms with Gasteiger partial charge in [0.25, 0.3) is 5.56 Å². The highest BCUT2D eigenvalue weighted by molar-refractivity contribution is 5.87. The summed E-state index contributed by atoms with van der Waals surface area (Å²) >= 11 is 0. The molecule has 1 atom stereocenters. The van der Waals surface area contributed by atoms with E-state index in [1.165, 1.54) is 12.3 Å². The van der Waals surface area contributed by atoms with Crippen LogP contribution in [0, 0.1) is 0 Å². The summed E-state index contributed by atoms with van der Waals surface area (Å²) in [6, 6.07) is 1.64. The standard InChI is InChI=1S/C16H21NO4/c18-15-13(14-7-3-4-8-21-14)9-11(16(19)20)10-17(15)12-5-1-2-6-12/h9-10,12,14H,1-8H2,(H,19,20). The average molecular weight is 291 g/mol. The zero-order valence-corrected chi connectivity index (χ0v) is 12.1. The minimum Gasteiger partial charge on any atom is -0.478 e. The van der Waals surface area contributed by atoms with Crippen molar-refractivity contribution in [3.05, 3.63) is 33.7 Å². The van der Waals surface area contributed by atoms with Gasteiger partial charge in [-0.05, 0) is 38.2 Å². The molecule has 5 heteroatoms. The first-order valence-electron chi connectivity index (χ1n) is 7.78. The molecule has 2 aliphatic rings. The first kappa shape index (κ1) is 14.3. The van der Waals surface area contributed by atoms with E-state index in [0.717, 1.165) is 44.9 Å². The van der Waals surface area contributed by atoms with E-state index in [9.17, 15) is 14.7 Å². The maximum absolute atomic E-state index is 12.7. The normalized spacial score (nSPS) is 23.3. The third-order valence-electron chi connectivity index (χ3n) is 4.56. The molecule has 21 heavy (non-hydrogen) atoms. The molecule has 1 saturated carbocycles. The molecule has 1 N–H and O–H groups in total. The van der Waals surface area contributed by atoms with Crippen LogP contribution < -0.4 is 5.56 Å². The summed E-state index contributed by atoms with van der Waals surface area (Å²) in [5.74, 6) is -0.987. The molecule has 0 radical (unpaired) electrons. The largest absolute Gasteiger partial charge is 0.478 e. The Kier molecular flexibility index (Phi) is 4.10. The molecule has 2 fully saturated rings. The lowest BCUT2D eigenvalue weighted by molar-refractivity contribution is 0.0137. The van der Waals surface area contributed by atoms with Crippen LogP contribution in [-0.4, -0.2) is 22.2 Å². The lowest BCUT2D eigenvalue weighted by Gasteiger charge is -2.24. The minimum atomic E-state index is -0.987. The van der Waals surface area contributed by atoms with E-state index in [2.05, 4.69) is 0 Å². The highest BCUT2D eigenvalue weighted by Gasteiger charge is 2.25. The van der Waals surface area contributed by atoms with Crippen molar-refractivity contribution in [1.29, 1.82) is 0 Å². The summed E-state index contributed by atoms with van der Waals surface area (Å²) in [5.41, 5.74) is 0.631. The minimum absolute atomic E-state index is 0.0706. The summed E-state index contributed by atoms with van der Waals surface area (Å²) in [7, 11) is 0. The van der Waals surface area contributed by atoms with Crippen molar-refractivity contribution in [1.82, 2.24) is 4.57 Å². The van der Waals surface area contributed by atoms with Crippen molar-refractivity contribution < 1.29 is 14.6 Å². The van der Waals surface area contributed by atoms with Gasteiger partial charge >= 0.3 is 5.97 Å². The monoisotopic (exact) mass is 291 g/mol. The number of aromatic carboxylic acids is 1. The third-order valence-corrected chi connectivity index (χ3v) is 4.56. The lowest BCUT2D eigenvalue weighted by Crippen LogP contribution is -2.30. The summed E-state index contributed by atoms with van der Waals surface area (Å²) in [6.45, 7) is 0.644. The molecule has 0 aromatic carbocycles. The second-order valence-corrected chi connectivity index (χ2v) is 6.00. The zero-order chi connectivity index (χ0) is 14.8. The fraction of sp³-hybridized carbons (Fsp3) is 0.625. The van der Waals surface area contributed by atoms with Crippen molar-refractivity contribution in [2.24, 2.45) is 0 Å². The molecular weight excluding hydrogens is 270 g/mol. The maximum Gasteiger partial charge on any atom is 0.337 e. The number of carboxylic acid groups (broad SMARTS) is 1. The van der Waals surface area contributed by atoms with Crippen LogP contribution in [0.1, 0.15) is 73.0 Å². The Morgan fingerprint density at radius 3 is 2.52 bits per heavy atom. The molecule has 0 bridgehead atoms. The van der Waals surface area contributed by atoms with Crippen molar-refractivity contribution >= 4 is 5.97 Å². The summed E-state index contributed by atoms with van der Waals surface area (Å²) in [6.07, 6.45) is 8.18. The lowest BCUT2D eigenvalue weighted by atomic mass is 10.0. The van der Waals surface area contributed by atoms with Gasteiger partial charge in [-0.3, -0.25) is 4.79 Å². The van der Waals surface area contributed by atoms with E-state index in [1.807, 2.05) is 0 Å². The van der Waals surface area contributed by atoms with Crippen molar-refractivity contribution in [2.75, 3.05) is 6.61 Å². The molecule has 1 aliphatic heterocycles. The van der Waals surface area contributed by atoms with E-state index in [-0.39, 0.29) is 23.3 Å². The Bertz CT molecular complexity index is 580. The molecule has 1 aliphatic carbocycles. The van der Waals surface area contributed by atoms with Gasteiger partial charge in [0.1, 0.15) is 0 Å². The number of hydrogen-bond donors (Lipinski definition) is 1. The third kappa shape index (κ3) is 2.88. The van der Waals surface area contributed by atoms with E-state index in [0.29, 0.717) is 12.2 Å². The highest BCUT2D eigenvalue weighted by atomic mass is 16.5. The Hall–Kier alpha value is -1.62. The Morgan fingerprint density at radius 1 is 1.19 bits per heavy atom. The SMILES string of the molecule is O=C(O)c1cc(C2CCCCO2)c(=O)n(C2CCCC2)c1. The van der Waals surface area contributed by atoms with E-state index >= 15 is 0 Å². The number of aromatic nitrogens is 1. The van der Waals surface area contributed by atoms with E-state index in [4.69, 9.17) is 4.74 Å². The smallest absolute Gasteiger partial charge is 0.337 e. The Morgan fingerprint density at radius 2 is 1.90 bits per heavy atom. The van der Waals surface area contributed by atoms with Gasteiger partial charge in [0.15, 0.2) is 0 Å². The van der Waals surface area contributed by atoms with Crippen molar-refractivity contribution in [2.45, 2.75) is 57.1 Å². The first-order valence-corrected chi connectivity index (χ1v) is 7.78. The molecule has 5 nitrogen and oxygen atoms in total. The fourth-order valence-corrected chi connectivity index (χ4v) is 3.41. The van der Waals surface area contributed by atoms with Gasteiger partial charge in [0, 0.05) is 24.4 Å². The van der Waals surface area contributed by atoms with Crippen LogP contribution in [0.3, 0.4) is 0 Å². The highest BCUT2D eigenvalue weighted by Crippen LogP contribution is 2.30. The zero-order valence-electron chi connectivity index (χ0n) is 12.1. The number of carbonyl (C=O) groups is 1. The number of carboxylic acids is 1. The first-order chi connectivity index (χ1) is 10.2. The van der Waals surface area contributed by atoms with Gasteiger partial charge in [-0.15, -0.1) is 0 Å². The molecule has 1 aromatic rings. The van der Waals surface area contributed by atoms with Crippen LogP contribution in [0.25, 0.3) is 0 Å². The Balaban J connectivity index is 2.04. The molecule has 114 valence electrons. The summed E-state index contributed by atoms with van der Waals surface area (Å²) < 4.78 is 7.33. The van der Waals surface area contributed by atoms with Gasteiger partial charge in [-0.1, -0.05) is 12.8 Å². The fourth-order valence-electron chi connectivity index (χ4n) is 3.41.